The molecule has 1 saturated carbocycles. The molecule has 0 aromatic carbocycles. The minimum absolute atomic E-state index is 0.105. The zero-order valence-corrected chi connectivity index (χ0v) is 12.5. The molecule has 0 atom stereocenters. The zero-order valence-electron chi connectivity index (χ0n) is 10.9. The number of carbonyl (C=O) groups excluding carboxylic acids is 1. The van der Waals surface area contributed by atoms with Gasteiger partial charge >= 0.3 is 5.97 Å². The van der Waals surface area contributed by atoms with E-state index in [0.29, 0.717) is 17.4 Å². The maximum Gasteiger partial charge on any atom is 0.354 e. The fraction of sp³-hybridized carbons (Fsp3) is 0.214. The summed E-state index contributed by atoms with van der Waals surface area (Å²) in [6.07, 6.45) is 5.39. The molecule has 0 bridgehead atoms. The fourth-order valence-electron chi connectivity index (χ4n) is 2.10. The molecular weight excluding hydrogens is 338 g/mol. The summed E-state index contributed by atoms with van der Waals surface area (Å²) in [5, 5.41) is 11.6. The van der Waals surface area contributed by atoms with Gasteiger partial charge in [0.2, 0.25) is 0 Å². The molecule has 0 unspecified atom stereocenters. The number of anilines is 1. The molecule has 7 heteroatoms. The number of carboxylic acid groups (broad SMARTS) is 1. The summed E-state index contributed by atoms with van der Waals surface area (Å²) in [6, 6.07) is 5.03. The van der Waals surface area contributed by atoms with Crippen LogP contribution in [-0.2, 0) is 0 Å². The monoisotopic (exact) mass is 349 g/mol. The number of amides is 1. The van der Waals surface area contributed by atoms with Gasteiger partial charge in [-0.05, 0) is 47.0 Å². The minimum Gasteiger partial charge on any atom is -0.477 e. The van der Waals surface area contributed by atoms with Gasteiger partial charge in [-0.15, -0.1) is 0 Å². The average molecular weight is 350 g/mol. The summed E-state index contributed by atoms with van der Waals surface area (Å²) >= 11 is 3.37. The molecule has 1 aliphatic carbocycles. The summed E-state index contributed by atoms with van der Waals surface area (Å²) in [4.78, 5) is 26.9. The molecule has 0 radical (unpaired) electrons. The predicted molar refractivity (Wildman–Crippen MR) is 79.6 cm³/mol. The molecule has 2 aromatic heterocycles. The van der Waals surface area contributed by atoms with Gasteiger partial charge in [-0.25, -0.2) is 9.78 Å². The number of hydrogen-bond donors (Lipinski definition) is 2. The number of pyridine rings is 1. The van der Waals surface area contributed by atoms with Crippen LogP contribution in [0.5, 0.6) is 0 Å². The number of aromatic carboxylic acids is 1. The van der Waals surface area contributed by atoms with E-state index in [4.69, 9.17) is 5.11 Å². The summed E-state index contributed by atoms with van der Waals surface area (Å²) in [7, 11) is 0. The van der Waals surface area contributed by atoms with Crippen molar-refractivity contribution in [2.75, 3.05) is 5.32 Å². The van der Waals surface area contributed by atoms with Crippen molar-refractivity contribution in [2.24, 2.45) is 0 Å². The Kier molecular flexibility index (Phi) is 3.50. The molecule has 108 valence electrons. The Morgan fingerprint density at radius 2 is 2.14 bits per heavy atom. The summed E-state index contributed by atoms with van der Waals surface area (Å²) in [5.74, 6) is -1.40. The quantitative estimate of drug-likeness (QED) is 0.888. The van der Waals surface area contributed by atoms with Crippen molar-refractivity contribution in [1.82, 2.24) is 9.55 Å². The second-order valence-corrected chi connectivity index (χ2v) is 5.79. The highest BCUT2D eigenvalue weighted by atomic mass is 79.9. The third kappa shape index (κ3) is 2.97. The van der Waals surface area contributed by atoms with E-state index in [0.717, 1.165) is 17.3 Å². The largest absolute Gasteiger partial charge is 0.477 e. The van der Waals surface area contributed by atoms with E-state index < -0.39 is 5.97 Å². The van der Waals surface area contributed by atoms with Gasteiger partial charge in [0.1, 0.15) is 11.4 Å². The van der Waals surface area contributed by atoms with E-state index in [1.54, 1.807) is 12.1 Å². The van der Waals surface area contributed by atoms with Crippen molar-refractivity contribution in [3.63, 3.8) is 0 Å². The van der Waals surface area contributed by atoms with Crippen molar-refractivity contribution < 1.29 is 14.7 Å². The Morgan fingerprint density at radius 1 is 1.38 bits per heavy atom. The second kappa shape index (κ2) is 5.33. The lowest BCUT2D eigenvalue weighted by Gasteiger charge is -2.08. The first-order chi connectivity index (χ1) is 10.0. The van der Waals surface area contributed by atoms with Crippen molar-refractivity contribution in [2.45, 2.75) is 18.9 Å². The van der Waals surface area contributed by atoms with Gasteiger partial charge in [0, 0.05) is 28.6 Å². The van der Waals surface area contributed by atoms with Gasteiger partial charge in [-0.3, -0.25) is 4.79 Å². The van der Waals surface area contributed by atoms with Gasteiger partial charge in [-0.1, -0.05) is 0 Å². The first-order valence-corrected chi connectivity index (χ1v) is 7.22. The highest BCUT2D eigenvalue weighted by Gasteiger charge is 2.27. The molecule has 6 nitrogen and oxygen atoms in total. The van der Waals surface area contributed by atoms with Crippen LogP contribution in [0.1, 0.15) is 39.9 Å². The first kappa shape index (κ1) is 13.8. The lowest BCUT2D eigenvalue weighted by molar-refractivity contribution is 0.0690. The standard InChI is InChI=1S/C14H12BrN3O3/c15-8-5-12(18(7-8)10-1-2-10)13(19)17-9-3-4-16-11(6-9)14(20)21/h3-7,10H,1-2H2,(H,20,21)(H,16,17,19). The molecule has 0 spiro atoms. The van der Waals surface area contributed by atoms with Gasteiger partial charge in [-0.2, -0.15) is 0 Å². The van der Waals surface area contributed by atoms with E-state index in [9.17, 15) is 9.59 Å². The van der Waals surface area contributed by atoms with E-state index in [-0.39, 0.29) is 11.6 Å². The minimum atomic E-state index is -1.13. The summed E-state index contributed by atoms with van der Waals surface area (Å²) < 4.78 is 2.79. The lowest BCUT2D eigenvalue weighted by Crippen LogP contribution is -2.16. The molecule has 2 heterocycles. The molecule has 1 aliphatic rings. The number of nitrogens with one attached hydrogen (secondary N) is 1. The van der Waals surface area contributed by atoms with E-state index in [1.807, 2.05) is 10.8 Å². The van der Waals surface area contributed by atoms with Crippen molar-refractivity contribution in [3.8, 4) is 0 Å². The Bertz CT molecular complexity index is 722. The molecule has 2 aromatic rings. The molecule has 1 amide bonds. The normalized spacial score (nSPS) is 14.0. The van der Waals surface area contributed by atoms with Gasteiger partial charge < -0.3 is 15.0 Å². The summed E-state index contributed by atoms with van der Waals surface area (Å²) in [5.41, 5.74) is 0.858. The fourth-order valence-corrected chi connectivity index (χ4v) is 2.54. The van der Waals surface area contributed by atoms with E-state index in [1.165, 1.54) is 12.3 Å². The number of hydrogen-bond acceptors (Lipinski definition) is 3. The molecule has 0 saturated heterocycles. The Balaban J connectivity index is 1.83. The molecule has 2 N–H and O–H groups in total. The van der Waals surface area contributed by atoms with Crippen molar-refractivity contribution >= 4 is 33.5 Å². The molecular formula is C14H12BrN3O3. The van der Waals surface area contributed by atoms with Crippen LogP contribution in [0.25, 0.3) is 0 Å². The van der Waals surface area contributed by atoms with Crippen LogP contribution in [0.2, 0.25) is 0 Å². The van der Waals surface area contributed by atoms with Crippen LogP contribution in [0.15, 0.2) is 35.1 Å². The van der Waals surface area contributed by atoms with Crippen LogP contribution >= 0.6 is 15.9 Å². The SMILES string of the molecule is O=C(O)c1cc(NC(=O)c2cc(Br)cn2C2CC2)ccn1. The van der Waals surface area contributed by atoms with Crippen LogP contribution < -0.4 is 5.32 Å². The number of rotatable bonds is 4. The van der Waals surface area contributed by atoms with Crippen LogP contribution in [0.3, 0.4) is 0 Å². The van der Waals surface area contributed by atoms with Gasteiger partial charge in [0.05, 0.1) is 0 Å². The number of halogens is 1. The predicted octanol–water partition coefficient (Wildman–Crippen LogP) is 2.93. The van der Waals surface area contributed by atoms with E-state index in [2.05, 4.69) is 26.2 Å². The average Bonchev–Trinajstić information content (AvgIpc) is 3.21. The Hall–Kier alpha value is -2.15. The van der Waals surface area contributed by atoms with Crippen LogP contribution in [-0.4, -0.2) is 26.5 Å². The maximum atomic E-state index is 12.3. The van der Waals surface area contributed by atoms with Gasteiger partial charge in [0.25, 0.3) is 5.91 Å². The van der Waals surface area contributed by atoms with Crippen LogP contribution in [0, 0.1) is 0 Å². The number of aromatic nitrogens is 2. The van der Waals surface area contributed by atoms with Gasteiger partial charge in [0.15, 0.2) is 0 Å². The molecule has 21 heavy (non-hydrogen) atoms. The molecule has 3 rings (SSSR count). The Labute approximate surface area is 128 Å². The molecule has 0 aliphatic heterocycles. The summed E-state index contributed by atoms with van der Waals surface area (Å²) in [6.45, 7) is 0. The smallest absolute Gasteiger partial charge is 0.354 e. The van der Waals surface area contributed by atoms with Crippen LogP contribution in [0.4, 0.5) is 5.69 Å². The zero-order chi connectivity index (χ0) is 15.0. The third-order valence-corrected chi connectivity index (χ3v) is 3.66. The maximum absolute atomic E-state index is 12.3. The highest BCUT2D eigenvalue weighted by molar-refractivity contribution is 9.10. The topological polar surface area (TPSA) is 84.2 Å². The van der Waals surface area contributed by atoms with Crippen molar-refractivity contribution in [1.29, 1.82) is 0 Å². The second-order valence-electron chi connectivity index (χ2n) is 4.87. The van der Waals surface area contributed by atoms with Crippen molar-refractivity contribution in [3.05, 3.63) is 46.5 Å². The molecule has 1 fully saturated rings. The highest BCUT2D eigenvalue weighted by Crippen LogP contribution is 2.37. The van der Waals surface area contributed by atoms with E-state index >= 15 is 0 Å². The lowest BCUT2D eigenvalue weighted by atomic mass is 10.3. The first-order valence-electron chi connectivity index (χ1n) is 6.42. The Morgan fingerprint density at radius 3 is 2.81 bits per heavy atom. The number of carbonyl (C=O) groups is 2. The third-order valence-electron chi connectivity index (χ3n) is 3.23. The number of carboxylic acids is 1. The number of nitrogens with zero attached hydrogens (tertiary/aromatic N) is 2.